The molecule has 1 aliphatic heterocycles. The smallest absolute Gasteiger partial charge is 0.443 e. The van der Waals surface area contributed by atoms with Gasteiger partial charge < -0.3 is 14.2 Å². The molecule has 2 rings (SSSR count). The van der Waals surface area contributed by atoms with Crippen LogP contribution in [-0.4, -0.2) is 18.5 Å². The van der Waals surface area contributed by atoms with Gasteiger partial charge in [0.05, 0.1) is 0 Å². The van der Waals surface area contributed by atoms with E-state index in [1.807, 2.05) is 0 Å². The van der Waals surface area contributed by atoms with Gasteiger partial charge in [0, 0.05) is 6.92 Å². The first kappa shape index (κ1) is 13.4. The van der Waals surface area contributed by atoms with Gasteiger partial charge in [-0.3, -0.25) is 0 Å². The van der Waals surface area contributed by atoms with Gasteiger partial charge in [0.15, 0.2) is 6.61 Å². The van der Waals surface area contributed by atoms with Crippen molar-refractivity contribution >= 4 is 6.16 Å². The molecular weight excluding hydrogens is 279 g/mol. The zero-order valence-corrected chi connectivity index (χ0v) is 9.23. The molecule has 1 aromatic rings. The van der Waals surface area contributed by atoms with E-state index < -0.39 is 53.4 Å². The van der Waals surface area contributed by atoms with Gasteiger partial charge in [-0.15, -0.1) is 0 Å². The lowest BCUT2D eigenvalue weighted by Crippen LogP contribution is -2.35. The molecule has 1 fully saturated rings. The van der Waals surface area contributed by atoms with E-state index in [0.717, 1.165) is 6.92 Å². The van der Waals surface area contributed by atoms with Gasteiger partial charge in [-0.05, 0) is 0 Å². The van der Waals surface area contributed by atoms with E-state index in [0.29, 0.717) is 0 Å². The molecule has 0 radical (unpaired) electrons. The Labute approximate surface area is 102 Å². The summed E-state index contributed by atoms with van der Waals surface area (Å²) in [5.74, 6) is -14.5. The molecule has 1 saturated heterocycles. The van der Waals surface area contributed by atoms with Crippen LogP contribution in [0.15, 0.2) is 0 Å². The fourth-order valence-electron chi connectivity index (χ4n) is 1.37. The van der Waals surface area contributed by atoms with Crippen LogP contribution in [0.4, 0.5) is 26.7 Å². The Balaban J connectivity index is 2.44. The number of ether oxygens (including phenoxy) is 3. The first-order valence-electron chi connectivity index (χ1n) is 4.81. The number of halogens is 5. The lowest BCUT2D eigenvalue weighted by Gasteiger charge is -2.22. The molecule has 4 nitrogen and oxygen atoms in total. The average Bonchev–Trinajstić information content (AvgIpc) is 2.70. The Hall–Kier alpha value is -2.06. The minimum absolute atomic E-state index is 0.564. The van der Waals surface area contributed by atoms with Crippen LogP contribution < -0.4 is 4.74 Å². The first-order chi connectivity index (χ1) is 8.75. The summed E-state index contributed by atoms with van der Waals surface area (Å²) in [6.07, 6.45) is -1.19. The van der Waals surface area contributed by atoms with Crippen LogP contribution in [-0.2, 0) is 9.47 Å². The van der Waals surface area contributed by atoms with Crippen molar-refractivity contribution in [3.8, 4) is 5.75 Å². The summed E-state index contributed by atoms with van der Waals surface area (Å²) >= 11 is 0. The normalized spacial score (nSPS) is 22.1. The lowest BCUT2D eigenvalue weighted by molar-refractivity contribution is -0.0985. The summed E-state index contributed by atoms with van der Waals surface area (Å²) in [6.45, 7) is 0.473. The Morgan fingerprint density at radius 1 is 1.00 bits per heavy atom. The van der Waals surface area contributed by atoms with E-state index in [-0.39, 0.29) is 0 Å². The van der Waals surface area contributed by atoms with E-state index >= 15 is 0 Å². The average molecular weight is 284 g/mol. The summed E-state index contributed by atoms with van der Waals surface area (Å²) < 4.78 is 78.4. The monoisotopic (exact) mass is 284 g/mol. The van der Waals surface area contributed by atoms with Crippen molar-refractivity contribution < 1.29 is 41.0 Å². The zero-order valence-electron chi connectivity index (χ0n) is 9.23. The van der Waals surface area contributed by atoms with Gasteiger partial charge in [-0.2, -0.15) is 8.78 Å². The van der Waals surface area contributed by atoms with E-state index in [1.54, 1.807) is 0 Å². The van der Waals surface area contributed by atoms with E-state index in [9.17, 15) is 26.7 Å². The molecule has 1 heterocycles. The van der Waals surface area contributed by atoms with Crippen molar-refractivity contribution in [1.82, 2.24) is 0 Å². The second-order valence-corrected chi connectivity index (χ2v) is 3.78. The van der Waals surface area contributed by atoms with Gasteiger partial charge in [-0.25, -0.2) is 18.0 Å². The molecular formula is C10H5F5O4. The molecule has 19 heavy (non-hydrogen) atoms. The number of carbonyl (C=O) groups is 1. The highest BCUT2D eigenvalue weighted by Gasteiger charge is 2.42. The molecule has 0 spiro atoms. The topological polar surface area (TPSA) is 44.8 Å². The Morgan fingerprint density at radius 3 is 1.89 bits per heavy atom. The predicted molar refractivity (Wildman–Crippen MR) is 47.7 cm³/mol. The van der Waals surface area contributed by atoms with Crippen molar-refractivity contribution in [3.63, 3.8) is 0 Å². The SMILES string of the molecule is CC1(Oc2c(F)c(F)c(F)c(F)c2F)COC(=O)O1. The highest BCUT2D eigenvalue weighted by Crippen LogP contribution is 2.33. The highest BCUT2D eigenvalue weighted by atomic mass is 19.2. The molecule has 1 unspecified atom stereocenters. The van der Waals surface area contributed by atoms with Crippen LogP contribution >= 0.6 is 0 Å². The minimum atomic E-state index is -2.31. The molecule has 1 aliphatic rings. The molecule has 0 amide bonds. The molecule has 1 aromatic carbocycles. The van der Waals surface area contributed by atoms with E-state index in [2.05, 4.69) is 14.2 Å². The molecule has 0 aliphatic carbocycles. The molecule has 0 saturated carbocycles. The number of benzene rings is 1. The van der Waals surface area contributed by atoms with Crippen molar-refractivity contribution in [1.29, 1.82) is 0 Å². The number of hydrogen-bond acceptors (Lipinski definition) is 4. The van der Waals surface area contributed by atoms with Gasteiger partial charge >= 0.3 is 6.16 Å². The number of rotatable bonds is 2. The number of cyclic esters (lactones) is 2. The van der Waals surface area contributed by atoms with Crippen molar-refractivity contribution in [3.05, 3.63) is 29.1 Å². The number of carbonyl (C=O) groups excluding carboxylic acids is 1. The third-order valence-electron chi connectivity index (χ3n) is 2.24. The summed E-state index contributed by atoms with van der Waals surface area (Å²) in [5, 5.41) is 0. The summed E-state index contributed by atoms with van der Waals surface area (Å²) in [4.78, 5) is 10.7. The van der Waals surface area contributed by atoms with E-state index in [1.165, 1.54) is 0 Å². The van der Waals surface area contributed by atoms with Crippen molar-refractivity contribution in [2.24, 2.45) is 0 Å². The van der Waals surface area contributed by atoms with Gasteiger partial charge in [0.2, 0.25) is 34.8 Å². The van der Waals surface area contributed by atoms with Crippen LogP contribution in [0.25, 0.3) is 0 Å². The van der Waals surface area contributed by atoms with Crippen LogP contribution in [0.5, 0.6) is 5.75 Å². The second kappa shape index (κ2) is 4.25. The summed E-state index contributed by atoms with van der Waals surface area (Å²) in [6, 6.07) is 0. The fourth-order valence-corrected chi connectivity index (χ4v) is 1.37. The molecule has 0 aromatic heterocycles. The highest BCUT2D eigenvalue weighted by molar-refractivity contribution is 5.62. The van der Waals surface area contributed by atoms with Gasteiger partial charge in [0.1, 0.15) is 0 Å². The molecule has 0 bridgehead atoms. The Bertz CT molecular complexity index is 532. The first-order valence-corrected chi connectivity index (χ1v) is 4.81. The zero-order chi connectivity index (χ0) is 14.4. The minimum Gasteiger partial charge on any atom is -0.443 e. The molecule has 104 valence electrons. The fraction of sp³-hybridized carbons (Fsp3) is 0.300. The van der Waals surface area contributed by atoms with Crippen molar-refractivity contribution in [2.45, 2.75) is 12.7 Å². The summed E-state index contributed by atoms with van der Waals surface area (Å²) in [5.41, 5.74) is 0. The van der Waals surface area contributed by atoms with Crippen LogP contribution in [0, 0.1) is 29.1 Å². The molecule has 0 N–H and O–H groups in total. The molecule has 1 atom stereocenters. The maximum Gasteiger partial charge on any atom is 0.511 e. The van der Waals surface area contributed by atoms with Crippen LogP contribution in [0.3, 0.4) is 0 Å². The van der Waals surface area contributed by atoms with Crippen LogP contribution in [0.1, 0.15) is 6.92 Å². The standard InChI is InChI=1S/C10H5F5O4/c1-10(2-17-9(16)19-10)18-8-6(14)4(12)3(11)5(13)7(8)15/h2H2,1H3. The quantitative estimate of drug-likeness (QED) is 0.362. The lowest BCUT2D eigenvalue weighted by atomic mass is 10.2. The third-order valence-corrected chi connectivity index (χ3v) is 2.24. The third kappa shape index (κ3) is 2.15. The van der Waals surface area contributed by atoms with Crippen LogP contribution in [0.2, 0.25) is 0 Å². The maximum atomic E-state index is 13.3. The predicted octanol–water partition coefficient (Wildman–Crippen LogP) is 2.64. The largest absolute Gasteiger partial charge is 0.511 e. The van der Waals surface area contributed by atoms with E-state index in [4.69, 9.17) is 0 Å². The number of hydrogen-bond donors (Lipinski definition) is 0. The van der Waals surface area contributed by atoms with Gasteiger partial charge in [0.25, 0.3) is 5.79 Å². The second-order valence-electron chi connectivity index (χ2n) is 3.78. The maximum absolute atomic E-state index is 13.3. The summed E-state index contributed by atoms with van der Waals surface area (Å²) in [7, 11) is 0. The Morgan fingerprint density at radius 2 is 1.47 bits per heavy atom. The molecule has 9 heteroatoms. The van der Waals surface area contributed by atoms with Gasteiger partial charge in [-0.1, -0.05) is 0 Å². The Kier molecular flexibility index (Phi) is 2.99. The van der Waals surface area contributed by atoms with Crippen molar-refractivity contribution in [2.75, 3.05) is 6.61 Å².